The number of likely N-dealkylation sites (tertiary alicyclic amines) is 1. The zero-order chi connectivity index (χ0) is 26.8. The Morgan fingerprint density at radius 2 is 1.95 bits per heavy atom. The smallest absolute Gasteiger partial charge is 0.280 e. The van der Waals surface area contributed by atoms with Crippen LogP contribution in [0.15, 0.2) is 29.6 Å². The first-order valence-electron chi connectivity index (χ1n) is 13.0. The minimum absolute atomic E-state index is 0.0357. The van der Waals surface area contributed by atoms with Crippen LogP contribution in [0.25, 0.3) is 11.0 Å². The monoisotopic (exact) mass is 539 g/mol. The van der Waals surface area contributed by atoms with E-state index in [-0.39, 0.29) is 22.5 Å². The van der Waals surface area contributed by atoms with Gasteiger partial charge in [-0.1, -0.05) is 6.07 Å². The first kappa shape index (κ1) is 26.3. The van der Waals surface area contributed by atoms with E-state index in [2.05, 4.69) is 38.9 Å². The van der Waals surface area contributed by atoms with Gasteiger partial charge in [0, 0.05) is 58.8 Å². The van der Waals surface area contributed by atoms with E-state index in [1.54, 1.807) is 6.92 Å². The SMILES string of the molecule is CC(=O)N1CCCC[C@@H](n2c(NC(=O)c3cc([N+](=O)[O-])cs3)nc3ccc(CN4CCN(C)CC4)cc32)C1. The molecule has 11 nitrogen and oxygen atoms in total. The van der Waals surface area contributed by atoms with E-state index in [0.29, 0.717) is 19.0 Å². The lowest BCUT2D eigenvalue weighted by molar-refractivity contribution is -0.384. The van der Waals surface area contributed by atoms with E-state index < -0.39 is 10.8 Å². The molecule has 2 saturated heterocycles. The van der Waals surface area contributed by atoms with E-state index >= 15 is 0 Å². The molecule has 0 saturated carbocycles. The van der Waals surface area contributed by atoms with Crippen molar-refractivity contribution in [1.82, 2.24) is 24.3 Å². The summed E-state index contributed by atoms with van der Waals surface area (Å²) in [6.45, 7) is 7.79. The Morgan fingerprint density at radius 3 is 2.66 bits per heavy atom. The largest absolute Gasteiger partial charge is 0.341 e. The molecular weight excluding hydrogens is 506 g/mol. The zero-order valence-corrected chi connectivity index (χ0v) is 22.6. The molecule has 12 heteroatoms. The molecule has 0 bridgehead atoms. The Kier molecular flexibility index (Phi) is 7.73. The number of hydrogen-bond donors (Lipinski definition) is 1. The molecule has 1 N–H and O–H groups in total. The molecule has 4 heterocycles. The number of nitrogens with one attached hydrogen (secondary N) is 1. The van der Waals surface area contributed by atoms with Gasteiger partial charge in [0.25, 0.3) is 11.6 Å². The summed E-state index contributed by atoms with van der Waals surface area (Å²) < 4.78 is 2.06. The molecule has 1 aromatic carbocycles. The van der Waals surface area contributed by atoms with Crippen LogP contribution >= 0.6 is 11.3 Å². The minimum atomic E-state index is -0.508. The highest BCUT2D eigenvalue weighted by Crippen LogP contribution is 2.32. The number of piperazine rings is 1. The van der Waals surface area contributed by atoms with E-state index in [4.69, 9.17) is 4.98 Å². The van der Waals surface area contributed by atoms with E-state index in [1.165, 1.54) is 17.0 Å². The molecule has 2 aliphatic heterocycles. The molecule has 202 valence electrons. The number of nitro groups is 1. The van der Waals surface area contributed by atoms with Gasteiger partial charge in [-0.15, -0.1) is 11.3 Å². The normalized spacial score (nSPS) is 19.4. The van der Waals surface area contributed by atoms with Gasteiger partial charge in [0.15, 0.2) is 0 Å². The first-order valence-corrected chi connectivity index (χ1v) is 13.9. The minimum Gasteiger partial charge on any atom is -0.341 e. The number of fused-ring (bicyclic) bond motifs is 1. The summed E-state index contributed by atoms with van der Waals surface area (Å²) in [6, 6.07) is 7.45. The van der Waals surface area contributed by atoms with Gasteiger partial charge in [0.1, 0.15) is 0 Å². The lowest BCUT2D eigenvalue weighted by Crippen LogP contribution is -2.43. The Morgan fingerprint density at radius 1 is 1.16 bits per heavy atom. The van der Waals surface area contributed by atoms with Crippen LogP contribution in [0.1, 0.15) is 47.5 Å². The van der Waals surface area contributed by atoms with Gasteiger partial charge in [0.2, 0.25) is 11.9 Å². The van der Waals surface area contributed by atoms with Crippen LogP contribution in [0.4, 0.5) is 11.6 Å². The summed E-state index contributed by atoms with van der Waals surface area (Å²) in [5.41, 5.74) is 2.74. The van der Waals surface area contributed by atoms with E-state index in [1.807, 2.05) is 11.0 Å². The maximum absolute atomic E-state index is 13.1. The molecule has 3 aromatic rings. The highest BCUT2D eigenvalue weighted by Gasteiger charge is 2.27. The van der Waals surface area contributed by atoms with E-state index in [9.17, 15) is 19.7 Å². The van der Waals surface area contributed by atoms with Crippen molar-refractivity contribution in [3.05, 3.63) is 50.2 Å². The summed E-state index contributed by atoms with van der Waals surface area (Å²) in [4.78, 5) is 47.7. The number of hydrogen-bond acceptors (Lipinski definition) is 8. The third-order valence-electron chi connectivity index (χ3n) is 7.46. The van der Waals surface area contributed by atoms with Gasteiger partial charge in [-0.05, 0) is 44.0 Å². The molecule has 2 fully saturated rings. The van der Waals surface area contributed by atoms with Crippen molar-refractivity contribution in [3.8, 4) is 0 Å². The molecule has 2 amide bonds. The Balaban J connectivity index is 1.50. The first-order chi connectivity index (χ1) is 18.3. The standard InChI is InChI=1S/C26H33N7O4S/c1-18(34)31-8-4-3-5-20(16-31)32-23-13-19(15-30-11-9-29(2)10-12-30)6-7-22(23)27-26(32)28-25(35)24-14-21(17-38-24)33(36)37/h6-7,13-14,17,20H,3-5,8-12,15-16H2,1-2H3,(H,27,28,35)/t20-/m1/s1. The molecule has 1 atom stereocenters. The van der Waals surface area contributed by atoms with Crippen molar-refractivity contribution in [1.29, 1.82) is 0 Å². The maximum atomic E-state index is 13.1. The topological polar surface area (TPSA) is 117 Å². The highest BCUT2D eigenvalue weighted by molar-refractivity contribution is 7.12. The molecule has 2 aromatic heterocycles. The quantitative estimate of drug-likeness (QED) is 0.376. The number of benzene rings is 1. The number of carbonyl (C=O) groups excluding carboxylic acids is 2. The fourth-order valence-electron chi connectivity index (χ4n) is 5.28. The predicted molar refractivity (Wildman–Crippen MR) is 147 cm³/mol. The van der Waals surface area contributed by atoms with E-state index in [0.717, 1.165) is 74.4 Å². The maximum Gasteiger partial charge on any atom is 0.280 e. The third kappa shape index (κ3) is 5.71. The number of likely N-dealkylation sites (N-methyl/N-ethyl adjacent to an activating group) is 1. The van der Waals surface area contributed by atoms with Crippen molar-refractivity contribution < 1.29 is 14.5 Å². The van der Waals surface area contributed by atoms with Crippen molar-refractivity contribution in [2.45, 2.75) is 38.8 Å². The van der Waals surface area contributed by atoms with Crippen LogP contribution in [-0.4, -0.2) is 87.3 Å². The van der Waals surface area contributed by atoms with Gasteiger partial charge in [-0.25, -0.2) is 4.98 Å². The Bertz CT molecular complexity index is 1340. The van der Waals surface area contributed by atoms with Crippen molar-refractivity contribution >= 4 is 45.8 Å². The molecule has 0 radical (unpaired) electrons. The number of carbonyl (C=O) groups is 2. The van der Waals surface area contributed by atoms with Crippen LogP contribution in [0, 0.1) is 10.1 Å². The number of nitrogens with zero attached hydrogens (tertiary/aromatic N) is 6. The number of amides is 2. The summed E-state index contributed by atoms with van der Waals surface area (Å²) in [5, 5.41) is 15.4. The van der Waals surface area contributed by atoms with Crippen LogP contribution in [0.5, 0.6) is 0 Å². The van der Waals surface area contributed by atoms with Crippen molar-refractivity contribution in [2.24, 2.45) is 0 Å². The highest BCUT2D eigenvalue weighted by atomic mass is 32.1. The molecule has 5 rings (SSSR count). The fourth-order valence-corrected chi connectivity index (χ4v) is 6.03. The molecule has 2 aliphatic rings. The van der Waals surface area contributed by atoms with Gasteiger partial charge in [-0.3, -0.25) is 29.9 Å². The predicted octanol–water partition coefficient (Wildman–Crippen LogP) is 3.58. The number of rotatable bonds is 6. The zero-order valence-electron chi connectivity index (χ0n) is 21.8. The van der Waals surface area contributed by atoms with Crippen molar-refractivity contribution in [3.63, 3.8) is 0 Å². The van der Waals surface area contributed by atoms with Crippen LogP contribution < -0.4 is 5.32 Å². The molecule has 0 spiro atoms. The summed E-state index contributed by atoms with van der Waals surface area (Å²) >= 11 is 1.03. The molecule has 0 aliphatic carbocycles. The van der Waals surface area contributed by atoms with Crippen molar-refractivity contribution in [2.75, 3.05) is 51.6 Å². The van der Waals surface area contributed by atoms with Gasteiger partial charge in [0.05, 0.1) is 32.3 Å². The van der Waals surface area contributed by atoms with Gasteiger partial charge < -0.3 is 14.4 Å². The number of thiophene rings is 1. The second-order valence-electron chi connectivity index (χ2n) is 10.2. The second-order valence-corrected chi connectivity index (χ2v) is 11.1. The molecule has 0 unspecified atom stereocenters. The second kappa shape index (κ2) is 11.2. The van der Waals surface area contributed by atoms with Crippen LogP contribution in [0.3, 0.4) is 0 Å². The average molecular weight is 540 g/mol. The third-order valence-corrected chi connectivity index (χ3v) is 8.38. The average Bonchev–Trinajstić information content (AvgIpc) is 3.44. The number of anilines is 1. The summed E-state index contributed by atoms with van der Waals surface area (Å²) in [7, 11) is 2.14. The molecule has 38 heavy (non-hydrogen) atoms. The summed E-state index contributed by atoms with van der Waals surface area (Å²) in [6.07, 6.45) is 2.74. The lowest BCUT2D eigenvalue weighted by atomic mass is 10.1. The number of imidazole rings is 1. The van der Waals surface area contributed by atoms with Gasteiger partial charge >= 0.3 is 0 Å². The summed E-state index contributed by atoms with van der Waals surface area (Å²) in [5.74, 6) is -0.00359. The fraction of sp³-hybridized carbons (Fsp3) is 0.500. The Labute approximate surface area is 225 Å². The Hall–Kier alpha value is -3.35. The number of aromatic nitrogens is 2. The molecular formula is C26H33N7O4S. The van der Waals surface area contributed by atoms with Crippen LogP contribution in [-0.2, 0) is 11.3 Å². The lowest BCUT2D eigenvalue weighted by Gasteiger charge is -2.32. The van der Waals surface area contributed by atoms with Crippen LogP contribution in [0.2, 0.25) is 0 Å². The van der Waals surface area contributed by atoms with Gasteiger partial charge in [-0.2, -0.15) is 0 Å².